The summed E-state index contributed by atoms with van der Waals surface area (Å²) in [4.78, 5) is 4.35. The second kappa shape index (κ2) is 4.74. The molecular formula is C11H20F2N2. The van der Waals surface area contributed by atoms with E-state index >= 15 is 0 Å². The van der Waals surface area contributed by atoms with E-state index in [1.165, 1.54) is 12.8 Å². The number of halogens is 2. The minimum absolute atomic E-state index is 0.0418. The van der Waals surface area contributed by atoms with E-state index in [4.69, 9.17) is 0 Å². The summed E-state index contributed by atoms with van der Waals surface area (Å²) >= 11 is 0. The van der Waals surface area contributed by atoms with Crippen LogP contribution in [-0.4, -0.2) is 55.0 Å². The van der Waals surface area contributed by atoms with Gasteiger partial charge in [0, 0.05) is 12.1 Å². The third-order valence-corrected chi connectivity index (χ3v) is 3.65. The molecule has 0 N–H and O–H groups in total. The topological polar surface area (TPSA) is 6.48 Å². The second-order valence-electron chi connectivity index (χ2n) is 4.82. The molecule has 0 aromatic carbocycles. The molecule has 0 aromatic heterocycles. The molecule has 0 atom stereocenters. The molecule has 2 nitrogen and oxygen atoms in total. The van der Waals surface area contributed by atoms with Crippen molar-refractivity contribution in [3.8, 4) is 0 Å². The van der Waals surface area contributed by atoms with Crippen LogP contribution in [0.1, 0.15) is 25.7 Å². The van der Waals surface area contributed by atoms with Crippen molar-refractivity contribution < 1.29 is 8.78 Å². The van der Waals surface area contributed by atoms with Crippen molar-refractivity contribution in [1.82, 2.24) is 9.80 Å². The minimum atomic E-state index is -2.18. The lowest BCUT2D eigenvalue weighted by molar-refractivity contribution is 0.0569. The Balaban J connectivity index is 1.71. The Bertz CT molecular complexity index is 199. The van der Waals surface area contributed by atoms with E-state index in [1.54, 1.807) is 0 Å². The highest BCUT2D eigenvalue weighted by molar-refractivity contribution is 4.88. The Morgan fingerprint density at radius 1 is 1.13 bits per heavy atom. The second-order valence-corrected chi connectivity index (χ2v) is 4.82. The van der Waals surface area contributed by atoms with Gasteiger partial charge in [0.25, 0.3) is 6.43 Å². The van der Waals surface area contributed by atoms with Crippen molar-refractivity contribution in [2.75, 3.05) is 26.7 Å². The summed E-state index contributed by atoms with van der Waals surface area (Å²) in [6, 6.07) is 1.42. The number of hydrogen-bond acceptors (Lipinski definition) is 2. The van der Waals surface area contributed by atoms with Crippen LogP contribution in [0.15, 0.2) is 0 Å². The lowest BCUT2D eigenvalue weighted by Gasteiger charge is -2.36. The molecule has 2 rings (SSSR count). The van der Waals surface area contributed by atoms with E-state index in [2.05, 4.69) is 11.9 Å². The molecule has 0 amide bonds. The summed E-state index contributed by atoms with van der Waals surface area (Å²) in [7, 11) is 2.19. The average molecular weight is 218 g/mol. The Morgan fingerprint density at radius 3 is 2.13 bits per heavy atom. The van der Waals surface area contributed by atoms with Crippen LogP contribution in [0, 0.1) is 0 Å². The molecule has 0 aromatic rings. The third kappa shape index (κ3) is 3.11. The summed E-state index contributed by atoms with van der Waals surface area (Å²) in [6.07, 6.45) is 2.59. The first-order chi connectivity index (χ1) is 7.16. The normalized spacial score (nSPS) is 25.4. The Morgan fingerprint density at radius 2 is 1.67 bits per heavy atom. The van der Waals surface area contributed by atoms with Crippen LogP contribution in [0.4, 0.5) is 8.78 Å². The number of rotatable bonds is 4. The molecule has 2 aliphatic rings. The maximum absolute atomic E-state index is 12.2. The highest BCUT2D eigenvalue weighted by Crippen LogP contribution is 2.30. The predicted molar refractivity (Wildman–Crippen MR) is 56.3 cm³/mol. The molecule has 0 radical (unpaired) electrons. The fourth-order valence-electron chi connectivity index (χ4n) is 2.48. The molecule has 4 heteroatoms. The molecular weight excluding hydrogens is 198 g/mol. The maximum atomic E-state index is 12.2. The van der Waals surface area contributed by atoms with Crippen LogP contribution in [0.5, 0.6) is 0 Å². The van der Waals surface area contributed by atoms with Gasteiger partial charge in [0.1, 0.15) is 0 Å². The number of alkyl halides is 2. The average Bonchev–Trinajstić information content (AvgIpc) is 3.00. The van der Waals surface area contributed by atoms with Crippen molar-refractivity contribution in [3.05, 3.63) is 0 Å². The Labute approximate surface area is 90.2 Å². The highest BCUT2D eigenvalue weighted by Gasteiger charge is 2.32. The first-order valence-electron chi connectivity index (χ1n) is 5.89. The van der Waals surface area contributed by atoms with Crippen molar-refractivity contribution >= 4 is 0 Å². The summed E-state index contributed by atoms with van der Waals surface area (Å²) in [5.74, 6) is 0. The number of piperidine rings is 1. The van der Waals surface area contributed by atoms with E-state index in [0.717, 1.165) is 32.0 Å². The molecule has 0 spiro atoms. The van der Waals surface area contributed by atoms with Gasteiger partial charge in [-0.25, -0.2) is 8.78 Å². The van der Waals surface area contributed by atoms with Gasteiger partial charge < -0.3 is 4.90 Å². The van der Waals surface area contributed by atoms with Crippen molar-refractivity contribution in [1.29, 1.82) is 0 Å². The summed E-state index contributed by atoms with van der Waals surface area (Å²) < 4.78 is 24.3. The molecule has 1 heterocycles. The highest BCUT2D eigenvalue weighted by atomic mass is 19.3. The first-order valence-corrected chi connectivity index (χ1v) is 5.89. The molecule has 1 aliphatic heterocycles. The molecule has 1 saturated carbocycles. The van der Waals surface area contributed by atoms with E-state index in [9.17, 15) is 8.78 Å². The fourth-order valence-corrected chi connectivity index (χ4v) is 2.48. The van der Waals surface area contributed by atoms with E-state index in [-0.39, 0.29) is 6.54 Å². The van der Waals surface area contributed by atoms with E-state index in [1.807, 2.05) is 4.90 Å². The zero-order chi connectivity index (χ0) is 10.8. The van der Waals surface area contributed by atoms with Crippen LogP contribution >= 0.6 is 0 Å². The van der Waals surface area contributed by atoms with Crippen LogP contribution < -0.4 is 0 Å². The van der Waals surface area contributed by atoms with Gasteiger partial charge in [0.2, 0.25) is 0 Å². The molecule has 2 fully saturated rings. The quantitative estimate of drug-likeness (QED) is 0.710. The summed E-state index contributed by atoms with van der Waals surface area (Å²) in [6.45, 7) is 1.64. The molecule has 0 unspecified atom stereocenters. The number of likely N-dealkylation sites (tertiary alicyclic amines) is 1. The van der Waals surface area contributed by atoms with Crippen molar-refractivity contribution in [3.63, 3.8) is 0 Å². The Hall–Kier alpha value is -0.220. The van der Waals surface area contributed by atoms with Gasteiger partial charge in [-0.1, -0.05) is 0 Å². The zero-order valence-corrected chi connectivity index (χ0v) is 9.33. The van der Waals surface area contributed by atoms with Crippen molar-refractivity contribution in [2.45, 2.75) is 44.2 Å². The molecule has 1 aliphatic carbocycles. The zero-order valence-electron chi connectivity index (χ0n) is 9.33. The van der Waals surface area contributed by atoms with Crippen LogP contribution in [-0.2, 0) is 0 Å². The van der Waals surface area contributed by atoms with E-state index in [0.29, 0.717) is 6.04 Å². The first kappa shape index (κ1) is 11.3. The predicted octanol–water partition coefficient (Wildman–Crippen LogP) is 1.81. The van der Waals surface area contributed by atoms with Crippen LogP contribution in [0.25, 0.3) is 0 Å². The van der Waals surface area contributed by atoms with Gasteiger partial charge in [0.05, 0.1) is 6.54 Å². The monoisotopic (exact) mass is 218 g/mol. The smallest absolute Gasteiger partial charge is 0.251 e. The van der Waals surface area contributed by atoms with Crippen molar-refractivity contribution in [2.24, 2.45) is 0 Å². The lowest BCUT2D eigenvalue weighted by Crippen LogP contribution is -2.45. The van der Waals surface area contributed by atoms with Gasteiger partial charge in [0.15, 0.2) is 0 Å². The molecule has 15 heavy (non-hydrogen) atoms. The molecule has 0 bridgehead atoms. The lowest BCUT2D eigenvalue weighted by atomic mass is 10.0. The third-order valence-electron chi connectivity index (χ3n) is 3.65. The van der Waals surface area contributed by atoms with Gasteiger partial charge in [-0.05, 0) is 45.8 Å². The number of hydrogen-bond donors (Lipinski definition) is 0. The van der Waals surface area contributed by atoms with Gasteiger partial charge >= 0.3 is 0 Å². The van der Waals surface area contributed by atoms with Gasteiger partial charge in [-0.3, -0.25) is 4.90 Å². The largest absolute Gasteiger partial charge is 0.300 e. The standard InChI is InChI=1S/C11H20F2N2/c1-14(9-2-3-9)10-4-6-15(7-5-10)8-11(12)13/h9-11H,2-8H2,1H3. The van der Waals surface area contributed by atoms with E-state index < -0.39 is 6.43 Å². The van der Waals surface area contributed by atoms with Gasteiger partial charge in [-0.2, -0.15) is 0 Å². The Kier molecular flexibility index (Phi) is 3.57. The van der Waals surface area contributed by atoms with Gasteiger partial charge in [-0.15, -0.1) is 0 Å². The molecule has 88 valence electrons. The SMILES string of the molecule is CN(C1CC1)C1CCN(CC(F)F)CC1. The van der Waals surface area contributed by atoms with Crippen LogP contribution in [0.2, 0.25) is 0 Å². The number of nitrogens with zero attached hydrogens (tertiary/aromatic N) is 2. The molecule has 1 saturated heterocycles. The summed E-state index contributed by atoms with van der Waals surface area (Å²) in [5, 5.41) is 0. The minimum Gasteiger partial charge on any atom is -0.300 e. The fraction of sp³-hybridized carbons (Fsp3) is 1.00. The summed E-state index contributed by atoms with van der Waals surface area (Å²) in [5.41, 5.74) is 0. The maximum Gasteiger partial charge on any atom is 0.251 e. The van der Waals surface area contributed by atoms with Crippen LogP contribution in [0.3, 0.4) is 0 Å².